The second-order valence-corrected chi connectivity index (χ2v) is 4.71. The summed E-state index contributed by atoms with van der Waals surface area (Å²) in [7, 11) is 0. The van der Waals surface area contributed by atoms with Crippen LogP contribution in [0.2, 0.25) is 0 Å². The third-order valence-electron chi connectivity index (χ3n) is 2.00. The van der Waals surface area contributed by atoms with E-state index in [1.165, 1.54) is 31.5 Å². The van der Waals surface area contributed by atoms with Gasteiger partial charge in [-0.3, -0.25) is 9.59 Å². The van der Waals surface area contributed by atoms with Crippen molar-refractivity contribution in [1.82, 2.24) is 0 Å². The fourth-order valence-corrected chi connectivity index (χ4v) is 1.80. The molecule has 0 aliphatic carbocycles. The van der Waals surface area contributed by atoms with Crippen molar-refractivity contribution in [3.63, 3.8) is 0 Å². The minimum Gasteiger partial charge on any atom is -0.300 e. The van der Waals surface area contributed by atoms with Gasteiger partial charge in [-0.05, 0) is 6.42 Å². The molecule has 0 N–H and O–H groups in total. The van der Waals surface area contributed by atoms with Crippen molar-refractivity contribution in [2.45, 2.75) is 52.4 Å². The molecule has 0 heterocycles. The summed E-state index contributed by atoms with van der Waals surface area (Å²) in [6, 6.07) is 0. The van der Waals surface area contributed by atoms with Crippen LogP contribution >= 0.6 is 11.8 Å². The van der Waals surface area contributed by atoms with E-state index in [4.69, 9.17) is 0 Å². The van der Waals surface area contributed by atoms with E-state index >= 15 is 0 Å². The Morgan fingerprint density at radius 1 is 1.07 bits per heavy atom. The van der Waals surface area contributed by atoms with Gasteiger partial charge in [-0.2, -0.15) is 0 Å². The number of carbonyl (C=O) groups is 2. The zero-order valence-corrected chi connectivity index (χ0v) is 9.99. The number of hydrogen-bond donors (Lipinski definition) is 0. The van der Waals surface area contributed by atoms with E-state index < -0.39 is 0 Å². The van der Waals surface area contributed by atoms with Crippen molar-refractivity contribution in [2.75, 3.05) is 5.75 Å². The molecule has 3 heteroatoms. The lowest BCUT2D eigenvalue weighted by atomic mass is 10.1. The molecule has 0 aromatic carbocycles. The highest BCUT2D eigenvalue weighted by molar-refractivity contribution is 8.13. The van der Waals surface area contributed by atoms with Crippen LogP contribution < -0.4 is 0 Å². The largest absolute Gasteiger partial charge is 0.300 e. The predicted molar refractivity (Wildman–Crippen MR) is 61.5 cm³/mol. The molecule has 0 saturated carbocycles. The summed E-state index contributed by atoms with van der Waals surface area (Å²) < 4.78 is 0. The molecule has 0 rings (SSSR count). The minimum atomic E-state index is 0.101. The van der Waals surface area contributed by atoms with Crippen LogP contribution in [0.3, 0.4) is 0 Å². The SMILES string of the molecule is CCCCCCC(=O)CCSC(C)=O. The molecule has 0 fully saturated rings. The average Bonchev–Trinajstić information content (AvgIpc) is 2.12. The van der Waals surface area contributed by atoms with Crippen molar-refractivity contribution < 1.29 is 9.59 Å². The number of carbonyl (C=O) groups excluding carboxylic acids is 2. The van der Waals surface area contributed by atoms with E-state index in [1.807, 2.05) is 0 Å². The Balaban J connectivity index is 3.24. The van der Waals surface area contributed by atoms with Crippen molar-refractivity contribution >= 4 is 22.7 Å². The molecule has 0 aliphatic heterocycles. The molecule has 0 aliphatic rings. The van der Waals surface area contributed by atoms with Crippen LogP contribution in [0.4, 0.5) is 0 Å². The zero-order valence-electron chi connectivity index (χ0n) is 9.17. The molecule has 0 amide bonds. The van der Waals surface area contributed by atoms with Gasteiger partial charge in [-0.15, -0.1) is 0 Å². The van der Waals surface area contributed by atoms with Crippen molar-refractivity contribution in [3.8, 4) is 0 Å². The summed E-state index contributed by atoms with van der Waals surface area (Å²) >= 11 is 1.24. The number of rotatable bonds is 8. The predicted octanol–water partition coefficient (Wildman–Crippen LogP) is 3.20. The van der Waals surface area contributed by atoms with Gasteiger partial charge in [0.05, 0.1) is 0 Å². The van der Waals surface area contributed by atoms with Gasteiger partial charge in [0.15, 0.2) is 5.12 Å². The van der Waals surface area contributed by atoms with Crippen LogP contribution in [-0.2, 0) is 9.59 Å². The molecular formula is C11H20O2S. The molecule has 0 atom stereocenters. The van der Waals surface area contributed by atoms with Gasteiger partial charge in [0.25, 0.3) is 0 Å². The maximum absolute atomic E-state index is 11.3. The zero-order chi connectivity index (χ0) is 10.8. The Kier molecular flexibility index (Phi) is 9.05. The average molecular weight is 216 g/mol. The number of unbranched alkanes of at least 4 members (excludes halogenated alkanes) is 3. The first-order chi connectivity index (χ1) is 6.66. The van der Waals surface area contributed by atoms with Crippen molar-refractivity contribution in [3.05, 3.63) is 0 Å². The molecule has 82 valence electrons. The lowest BCUT2D eigenvalue weighted by Crippen LogP contribution is -2.00. The molecule has 0 radical (unpaired) electrons. The summed E-state index contributed by atoms with van der Waals surface area (Å²) in [6.45, 7) is 3.70. The van der Waals surface area contributed by atoms with Crippen LogP contribution in [0.5, 0.6) is 0 Å². The summed E-state index contributed by atoms with van der Waals surface area (Å²) in [5.74, 6) is 0.955. The molecule has 0 bridgehead atoms. The molecule has 14 heavy (non-hydrogen) atoms. The van der Waals surface area contributed by atoms with E-state index in [2.05, 4.69) is 6.92 Å². The Morgan fingerprint density at radius 3 is 2.36 bits per heavy atom. The normalized spacial score (nSPS) is 10.1. The first kappa shape index (κ1) is 13.7. The van der Waals surface area contributed by atoms with E-state index in [9.17, 15) is 9.59 Å². The molecule has 0 saturated heterocycles. The summed E-state index contributed by atoms with van der Waals surface area (Å²) in [6.07, 6.45) is 5.83. The van der Waals surface area contributed by atoms with E-state index in [-0.39, 0.29) is 5.12 Å². The molecule has 0 unspecified atom stereocenters. The van der Waals surface area contributed by atoms with Gasteiger partial charge < -0.3 is 0 Å². The fraction of sp³-hybridized carbons (Fsp3) is 0.818. The van der Waals surface area contributed by atoms with Gasteiger partial charge in [-0.25, -0.2) is 0 Å². The van der Waals surface area contributed by atoms with Crippen molar-refractivity contribution in [1.29, 1.82) is 0 Å². The highest BCUT2D eigenvalue weighted by Gasteiger charge is 2.02. The first-order valence-electron chi connectivity index (χ1n) is 5.32. The van der Waals surface area contributed by atoms with Gasteiger partial charge in [0.1, 0.15) is 5.78 Å². The standard InChI is InChI=1S/C11H20O2S/c1-3-4-5-6-7-11(13)8-9-14-10(2)12/h3-9H2,1-2H3. The third-order valence-corrected chi connectivity index (χ3v) is 2.81. The van der Waals surface area contributed by atoms with Crippen LogP contribution in [0.25, 0.3) is 0 Å². The number of thioether (sulfide) groups is 1. The molecule has 2 nitrogen and oxygen atoms in total. The van der Waals surface area contributed by atoms with Crippen molar-refractivity contribution in [2.24, 2.45) is 0 Å². The number of hydrogen-bond acceptors (Lipinski definition) is 3. The van der Waals surface area contributed by atoms with E-state index in [0.717, 1.165) is 12.8 Å². The summed E-state index contributed by atoms with van der Waals surface area (Å²) in [5, 5.41) is 0.101. The Morgan fingerprint density at radius 2 is 1.79 bits per heavy atom. The molecule has 0 aromatic rings. The minimum absolute atomic E-state index is 0.101. The van der Waals surface area contributed by atoms with E-state index in [1.54, 1.807) is 0 Å². The quantitative estimate of drug-likeness (QED) is 0.584. The lowest BCUT2D eigenvalue weighted by Gasteiger charge is -1.99. The second-order valence-electron chi connectivity index (χ2n) is 3.44. The highest BCUT2D eigenvalue weighted by Crippen LogP contribution is 2.08. The second kappa shape index (κ2) is 9.25. The van der Waals surface area contributed by atoms with Crippen LogP contribution in [0.15, 0.2) is 0 Å². The maximum atomic E-state index is 11.3. The summed E-state index contributed by atoms with van der Waals surface area (Å²) in [4.78, 5) is 21.8. The van der Waals surface area contributed by atoms with Gasteiger partial charge in [0.2, 0.25) is 0 Å². The molecular weight excluding hydrogens is 196 g/mol. The monoisotopic (exact) mass is 216 g/mol. The smallest absolute Gasteiger partial charge is 0.185 e. The van der Waals surface area contributed by atoms with Gasteiger partial charge in [0, 0.05) is 25.5 Å². The number of Topliss-reactive ketones (excluding diaryl/α,β-unsaturated/α-hetero) is 1. The molecule has 0 aromatic heterocycles. The topological polar surface area (TPSA) is 34.1 Å². The van der Waals surface area contributed by atoms with Crippen LogP contribution in [-0.4, -0.2) is 16.7 Å². The molecule has 0 spiro atoms. The summed E-state index contributed by atoms with van der Waals surface area (Å²) in [5.41, 5.74) is 0. The van der Waals surface area contributed by atoms with Crippen LogP contribution in [0, 0.1) is 0 Å². The lowest BCUT2D eigenvalue weighted by molar-refractivity contribution is -0.118. The Hall–Kier alpha value is -0.310. The fourth-order valence-electron chi connectivity index (χ4n) is 1.18. The van der Waals surface area contributed by atoms with Gasteiger partial charge >= 0.3 is 0 Å². The highest BCUT2D eigenvalue weighted by atomic mass is 32.2. The van der Waals surface area contributed by atoms with Gasteiger partial charge in [-0.1, -0.05) is 37.9 Å². The Bertz CT molecular complexity index is 178. The Labute approximate surface area is 90.8 Å². The number of ketones is 1. The first-order valence-corrected chi connectivity index (χ1v) is 6.30. The van der Waals surface area contributed by atoms with E-state index in [0.29, 0.717) is 24.4 Å². The van der Waals surface area contributed by atoms with Crippen LogP contribution in [0.1, 0.15) is 52.4 Å². The third kappa shape index (κ3) is 9.78. The maximum Gasteiger partial charge on any atom is 0.185 e.